The number of nitrogens with two attached hydrogens (primary N) is 1. The number of hydrogen-bond donors (Lipinski definition) is 2. The lowest BCUT2D eigenvalue weighted by Crippen LogP contribution is -2.04. The lowest BCUT2D eigenvalue weighted by molar-refractivity contribution is 0.469. The van der Waals surface area contributed by atoms with Crippen molar-refractivity contribution in [1.29, 1.82) is 0 Å². The minimum absolute atomic E-state index is 0.245. The van der Waals surface area contributed by atoms with Crippen LogP contribution in [0, 0.1) is 0 Å². The fourth-order valence-electron chi connectivity index (χ4n) is 3.19. The van der Waals surface area contributed by atoms with Crippen molar-refractivity contribution in [2.45, 2.75) is 0 Å². The van der Waals surface area contributed by atoms with Gasteiger partial charge >= 0.3 is 0 Å². The lowest BCUT2D eigenvalue weighted by atomic mass is 10.2. The molecular formula is C22H15BrN6O. The first-order valence-electron chi connectivity index (χ1n) is 9.13. The highest BCUT2D eigenvalue weighted by Gasteiger charge is 2.14. The number of anilines is 3. The Balaban J connectivity index is 1.52. The normalized spacial score (nSPS) is 11.0. The smallest absolute Gasteiger partial charge is 0.248 e. The van der Waals surface area contributed by atoms with Crippen LogP contribution in [0.2, 0.25) is 0 Å². The highest BCUT2D eigenvalue weighted by atomic mass is 79.9. The summed E-state index contributed by atoms with van der Waals surface area (Å²) >= 11 is 3.54. The van der Waals surface area contributed by atoms with Crippen LogP contribution in [0.4, 0.5) is 17.2 Å². The second-order valence-electron chi connectivity index (χ2n) is 6.49. The summed E-state index contributed by atoms with van der Waals surface area (Å²) in [4.78, 5) is 17.4. The molecule has 146 valence electrons. The monoisotopic (exact) mass is 458 g/mol. The summed E-state index contributed by atoms with van der Waals surface area (Å²) < 4.78 is 6.96. The average molecular weight is 459 g/mol. The van der Waals surface area contributed by atoms with E-state index in [1.54, 1.807) is 12.4 Å². The molecular weight excluding hydrogens is 444 g/mol. The maximum absolute atomic E-state index is 6.33. The third kappa shape index (κ3) is 3.27. The largest absolute Gasteiger partial charge is 0.435 e. The average Bonchev–Trinajstić information content (AvgIpc) is 2.79. The zero-order valence-corrected chi connectivity index (χ0v) is 17.2. The lowest BCUT2D eigenvalue weighted by Gasteiger charge is -2.13. The summed E-state index contributed by atoms with van der Waals surface area (Å²) in [5.74, 6) is 1.24. The van der Waals surface area contributed by atoms with E-state index in [1.807, 2.05) is 54.6 Å². The predicted octanol–water partition coefficient (Wildman–Crippen LogP) is 5.45. The van der Waals surface area contributed by atoms with E-state index in [1.165, 1.54) is 6.33 Å². The topological polar surface area (TPSA) is 98.8 Å². The van der Waals surface area contributed by atoms with Crippen molar-refractivity contribution in [1.82, 2.24) is 19.9 Å². The molecule has 0 aliphatic rings. The molecule has 7 nitrogen and oxygen atoms in total. The van der Waals surface area contributed by atoms with E-state index >= 15 is 0 Å². The first kappa shape index (κ1) is 18.3. The van der Waals surface area contributed by atoms with E-state index in [4.69, 9.17) is 10.5 Å². The second kappa shape index (κ2) is 7.57. The fraction of sp³-hybridized carbons (Fsp3) is 0. The Labute approximate surface area is 180 Å². The summed E-state index contributed by atoms with van der Waals surface area (Å²) in [5.41, 5.74) is 8.94. The Morgan fingerprint density at radius 2 is 1.63 bits per heavy atom. The van der Waals surface area contributed by atoms with Gasteiger partial charge in [0.15, 0.2) is 11.6 Å². The van der Waals surface area contributed by atoms with Gasteiger partial charge in [-0.25, -0.2) is 4.98 Å². The molecule has 0 amide bonds. The zero-order valence-electron chi connectivity index (χ0n) is 15.6. The molecule has 0 aliphatic carbocycles. The summed E-state index contributed by atoms with van der Waals surface area (Å²) in [6.45, 7) is 0. The van der Waals surface area contributed by atoms with E-state index in [-0.39, 0.29) is 11.6 Å². The van der Waals surface area contributed by atoms with Gasteiger partial charge in [0.1, 0.15) is 17.5 Å². The van der Waals surface area contributed by atoms with Crippen molar-refractivity contribution < 1.29 is 4.74 Å². The number of fused-ring (bicyclic) bond motifs is 2. The third-order valence-corrected chi connectivity index (χ3v) is 5.31. The second-order valence-corrected chi connectivity index (χ2v) is 7.35. The molecule has 0 unspecified atom stereocenters. The maximum Gasteiger partial charge on any atom is 0.248 e. The van der Waals surface area contributed by atoms with E-state index < -0.39 is 0 Å². The molecule has 3 N–H and O–H groups in total. The molecule has 0 aliphatic heterocycles. The molecule has 0 atom stereocenters. The molecule has 0 spiro atoms. The summed E-state index contributed by atoms with van der Waals surface area (Å²) in [6, 6.07) is 17.3. The zero-order chi connectivity index (χ0) is 20.5. The van der Waals surface area contributed by atoms with E-state index in [0.717, 1.165) is 26.4 Å². The van der Waals surface area contributed by atoms with Crippen LogP contribution in [0.3, 0.4) is 0 Å². The molecule has 0 saturated carbocycles. The number of pyridine rings is 2. The Morgan fingerprint density at radius 3 is 2.53 bits per heavy atom. The number of para-hydroxylation sites is 1. The summed E-state index contributed by atoms with van der Waals surface area (Å²) in [7, 11) is 0. The van der Waals surface area contributed by atoms with Crippen molar-refractivity contribution in [3.63, 3.8) is 0 Å². The molecule has 5 aromatic rings. The molecule has 2 aromatic carbocycles. The van der Waals surface area contributed by atoms with Crippen molar-refractivity contribution >= 4 is 54.9 Å². The van der Waals surface area contributed by atoms with E-state index in [0.29, 0.717) is 17.1 Å². The first-order chi connectivity index (χ1) is 14.7. The van der Waals surface area contributed by atoms with Crippen molar-refractivity contribution in [2.24, 2.45) is 0 Å². The molecule has 3 aromatic heterocycles. The van der Waals surface area contributed by atoms with Crippen LogP contribution in [0.25, 0.3) is 21.8 Å². The van der Waals surface area contributed by atoms with Gasteiger partial charge in [0.25, 0.3) is 0 Å². The Morgan fingerprint density at radius 1 is 0.833 bits per heavy atom. The Hall–Kier alpha value is -3.78. The minimum Gasteiger partial charge on any atom is -0.435 e. The summed E-state index contributed by atoms with van der Waals surface area (Å²) in [6.07, 6.45) is 4.86. The number of ether oxygens (including phenoxy) is 1. The number of nitrogens with one attached hydrogen (secondary N) is 1. The molecule has 0 radical (unpaired) electrons. The standard InChI is InChI=1S/C22H15BrN6O/c23-15-8-9-17(20-14(15)6-3-11-26-20)30-22-18(24)21(27-12-28-22)29-16-7-1-4-13-5-2-10-25-19(13)16/h1-12H,24H2,(H,27,28,29). The van der Waals surface area contributed by atoms with Crippen molar-refractivity contribution in [3.8, 4) is 11.6 Å². The van der Waals surface area contributed by atoms with Crippen LogP contribution >= 0.6 is 15.9 Å². The SMILES string of the molecule is Nc1c(Nc2cccc3cccnc23)ncnc1Oc1ccc(Br)c2cccnc12. The quantitative estimate of drug-likeness (QED) is 0.369. The van der Waals surface area contributed by atoms with Gasteiger partial charge in [-0.3, -0.25) is 9.97 Å². The van der Waals surface area contributed by atoms with Gasteiger partial charge in [-0.1, -0.05) is 40.2 Å². The van der Waals surface area contributed by atoms with Gasteiger partial charge in [0.2, 0.25) is 5.88 Å². The molecule has 5 rings (SSSR count). The van der Waals surface area contributed by atoms with Crippen LogP contribution in [0.15, 0.2) is 77.8 Å². The number of halogens is 1. The van der Waals surface area contributed by atoms with Gasteiger partial charge in [-0.15, -0.1) is 0 Å². The van der Waals surface area contributed by atoms with Gasteiger partial charge < -0.3 is 15.8 Å². The van der Waals surface area contributed by atoms with Crippen LogP contribution < -0.4 is 15.8 Å². The highest BCUT2D eigenvalue weighted by Crippen LogP contribution is 2.36. The number of nitrogens with zero attached hydrogens (tertiary/aromatic N) is 4. The Kier molecular flexibility index (Phi) is 4.61. The first-order valence-corrected chi connectivity index (χ1v) is 9.92. The highest BCUT2D eigenvalue weighted by molar-refractivity contribution is 9.10. The number of hydrogen-bond acceptors (Lipinski definition) is 7. The van der Waals surface area contributed by atoms with Crippen LogP contribution in [-0.4, -0.2) is 19.9 Å². The van der Waals surface area contributed by atoms with Gasteiger partial charge in [0, 0.05) is 27.6 Å². The number of aromatic nitrogens is 4. The molecule has 3 heterocycles. The maximum atomic E-state index is 6.33. The number of rotatable bonds is 4. The summed E-state index contributed by atoms with van der Waals surface area (Å²) in [5, 5.41) is 5.19. The predicted molar refractivity (Wildman–Crippen MR) is 121 cm³/mol. The minimum atomic E-state index is 0.245. The van der Waals surface area contributed by atoms with E-state index in [9.17, 15) is 0 Å². The fourth-order valence-corrected chi connectivity index (χ4v) is 3.64. The molecule has 30 heavy (non-hydrogen) atoms. The van der Waals surface area contributed by atoms with Crippen molar-refractivity contribution in [2.75, 3.05) is 11.1 Å². The van der Waals surface area contributed by atoms with Crippen LogP contribution in [0.1, 0.15) is 0 Å². The van der Waals surface area contributed by atoms with Gasteiger partial charge in [-0.2, -0.15) is 4.98 Å². The molecule has 0 bridgehead atoms. The number of benzene rings is 2. The third-order valence-electron chi connectivity index (χ3n) is 4.62. The Bertz CT molecular complexity index is 1390. The molecule has 8 heteroatoms. The number of nitrogen functional groups attached to an aromatic ring is 1. The van der Waals surface area contributed by atoms with Crippen LogP contribution in [0.5, 0.6) is 11.6 Å². The van der Waals surface area contributed by atoms with Gasteiger partial charge in [0.05, 0.1) is 11.2 Å². The van der Waals surface area contributed by atoms with Crippen LogP contribution in [-0.2, 0) is 0 Å². The van der Waals surface area contributed by atoms with Crippen molar-refractivity contribution in [3.05, 3.63) is 77.8 Å². The van der Waals surface area contributed by atoms with Gasteiger partial charge in [-0.05, 0) is 30.3 Å². The molecule has 0 saturated heterocycles. The van der Waals surface area contributed by atoms with E-state index in [2.05, 4.69) is 41.2 Å². The molecule has 0 fully saturated rings.